The van der Waals surface area contributed by atoms with Gasteiger partial charge in [0.1, 0.15) is 11.6 Å². The number of nitrogens with one attached hydrogen (secondary N) is 1. The Hall–Kier alpha value is -2.98. The molecule has 0 aromatic heterocycles. The minimum absolute atomic E-state index is 0.0247. The summed E-state index contributed by atoms with van der Waals surface area (Å²) >= 11 is 0. The summed E-state index contributed by atoms with van der Waals surface area (Å²) in [6.45, 7) is 1.76. The zero-order valence-electron chi connectivity index (χ0n) is 17.0. The molecule has 1 aliphatic rings. The van der Waals surface area contributed by atoms with Crippen LogP contribution in [0.5, 0.6) is 0 Å². The normalized spacial score (nSPS) is 14.2. The fraction of sp³-hybridized carbons (Fsp3) is 0.182. The number of rotatable bonds is 5. The molecule has 1 N–H and O–H groups in total. The van der Waals surface area contributed by atoms with Crippen LogP contribution in [0, 0.1) is 18.6 Å². The van der Waals surface area contributed by atoms with Crippen molar-refractivity contribution in [2.45, 2.75) is 29.6 Å². The summed E-state index contributed by atoms with van der Waals surface area (Å²) in [5, 5.41) is 0. The summed E-state index contributed by atoms with van der Waals surface area (Å²) in [6.07, 6.45) is 1.11. The third-order valence-electron chi connectivity index (χ3n) is 5.24. The topological polar surface area (TPSA) is 83.6 Å². The highest BCUT2D eigenvalue weighted by atomic mass is 32.2. The summed E-state index contributed by atoms with van der Waals surface area (Å²) in [7, 11) is -7.86. The number of nitrogens with zero attached hydrogens (tertiary/aromatic N) is 1. The number of halogens is 2. The summed E-state index contributed by atoms with van der Waals surface area (Å²) < 4.78 is 82.0. The molecule has 3 aromatic carbocycles. The van der Waals surface area contributed by atoms with Gasteiger partial charge in [0.05, 0.1) is 15.5 Å². The molecule has 0 saturated carbocycles. The molecule has 0 spiro atoms. The van der Waals surface area contributed by atoms with Crippen molar-refractivity contribution in [3.05, 3.63) is 83.4 Å². The average molecular weight is 479 g/mol. The van der Waals surface area contributed by atoms with E-state index in [9.17, 15) is 25.6 Å². The van der Waals surface area contributed by atoms with Crippen LogP contribution < -0.4 is 9.03 Å². The van der Waals surface area contributed by atoms with Crippen LogP contribution in [-0.2, 0) is 26.5 Å². The van der Waals surface area contributed by atoms with E-state index < -0.39 is 31.7 Å². The predicted molar refractivity (Wildman–Crippen MR) is 118 cm³/mol. The molecule has 3 aromatic rings. The number of benzene rings is 3. The van der Waals surface area contributed by atoms with Gasteiger partial charge >= 0.3 is 0 Å². The van der Waals surface area contributed by atoms with Crippen LogP contribution in [-0.4, -0.2) is 23.4 Å². The van der Waals surface area contributed by atoms with Gasteiger partial charge in [0.25, 0.3) is 20.0 Å². The van der Waals surface area contributed by atoms with Crippen molar-refractivity contribution in [3.63, 3.8) is 0 Å². The van der Waals surface area contributed by atoms with Gasteiger partial charge in [0.15, 0.2) is 0 Å². The Morgan fingerprint density at radius 1 is 0.875 bits per heavy atom. The second kappa shape index (κ2) is 8.18. The third kappa shape index (κ3) is 4.20. The van der Waals surface area contributed by atoms with Crippen molar-refractivity contribution >= 4 is 31.4 Å². The van der Waals surface area contributed by atoms with Crippen LogP contribution in [0.4, 0.5) is 20.2 Å². The molecule has 32 heavy (non-hydrogen) atoms. The fourth-order valence-corrected chi connectivity index (χ4v) is 6.55. The van der Waals surface area contributed by atoms with Gasteiger partial charge in [-0.3, -0.25) is 9.03 Å². The molecule has 0 bridgehead atoms. The second-order valence-corrected chi connectivity index (χ2v) is 11.0. The van der Waals surface area contributed by atoms with Crippen LogP contribution in [0.15, 0.2) is 70.5 Å². The fourth-order valence-electron chi connectivity index (χ4n) is 3.73. The van der Waals surface area contributed by atoms with Crippen molar-refractivity contribution < 1.29 is 25.6 Å². The molecule has 0 aliphatic carbocycles. The molecule has 168 valence electrons. The van der Waals surface area contributed by atoms with E-state index >= 15 is 0 Å². The van der Waals surface area contributed by atoms with Crippen LogP contribution in [0.25, 0.3) is 0 Å². The van der Waals surface area contributed by atoms with Gasteiger partial charge < -0.3 is 0 Å². The smallest absolute Gasteiger partial charge is 0.264 e. The van der Waals surface area contributed by atoms with Crippen molar-refractivity contribution in [3.8, 4) is 0 Å². The average Bonchev–Trinajstić information content (AvgIpc) is 2.73. The lowest BCUT2D eigenvalue weighted by Crippen LogP contribution is -2.35. The van der Waals surface area contributed by atoms with Gasteiger partial charge in [0, 0.05) is 12.2 Å². The van der Waals surface area contributed by atoms with E-state index in [4.69, 9.17) is 0 Å². The van der Waals surface area contributed by atoms with Gasteiger partial charge in [-0.1, -0.05) is 0 Å². The Labute approximate surface area is 185 Å². The first-order chi connectivity index (χ1) is 15.1. The van der Waals surface area contributed by atoms with Crippen molar-refractivity contribution in [2.75, 3.05) is 15.6 Å². The maximum Gasteiger partial charge on any atom is 0.264 e. The monoisotopic (exact) mass is 478 g/mol. The molecule has 10 heteroatoms. The van der Waals surface area contributed by atoms with Crippen molar-refractivity contribution in [1.29, 1.82) is 0 Å². The Morgan fingerprint density at radius 2 is 1.56 bits per heavy atom. The quantitative estimate of drug-likeness (QED) is 0.595. The zero-order valence-corrected chi connectivity index (χ0v) is 18.7. The molecule has 1 heterocycles. The number of fused-ring (bicyclic) bond motifs is 1. The lowest BCUT2D eigenvalue weighted by molar-refractivity contribution is 0.585. The molecule has 0 saturated heterocycles. The van der Waals surface area contributed by atoms with Crippen LogP contribution in [0.2, 0.25) is 0 Å². The second-order valence-electron chi connectivity index (χ2n) is 7.49. The Balaban J connectivity index is 1.66. The van der Waals surface area contributed by atoms with Gasteiger partial charge in [-0.2, -0.15) is 0 Å². The van der Waals surface area contributed by atoms with E-state index in [1.165, 1.54) is 35.5 Å². The highest BCUT2D eigenvalue weighted by Crippen LogP contribution is 2.34. The molecule has 0 atom stereocenters. The summed E-state index contributed by atoms with van der Waals surface area (Å²) in [4.78, 5) is -0.0690. The van der Waals surface area contributed by atoms with Crippen molar-refractivity contribution in [2.24, 2.45) is 0 Å². The van der Waals surface area contributed by atoms with Crippen LogP contribution in [0.1, 0.15) is 17.5 Å². The Morgan fingerprint density at radius 3 is 2.25 bits per heavy atom. The number of sulfonamides is 2. The maximum atomic E-state index is 13.3. The first-order valence-corrected chi connectivity index (χ1v) is 12.7. The Kier molecular flexibility index (Phi) is 5.68. The molecule has 0 unspecified atom stereocenters. The predicted octanol–water partition coefficient (Wildman–Crippen LogP) is 4.22. The van der Waals surface area contributed by atoms with E-state index in [1.54, 1.807) is 12.1 Å². The van der Waals surface area contributed by atoms with E-state index in [1.807, 2.05) is 0 Å². The van der Waals surface area contributed by atoms with E-state index in [-0.39, 0.29) is 27.6 Å². The molecule has 0 amide bonds. The molecule has 4 rings (SSSR count). The minimum Gasteiger partial charge on any atom is -0.280 e. The number of hydrogen-bond acceptors (Lipinski definition) is 4. The third-order valence-corrected chi connectivity index (χ3v) is 8.60. The SMILES string of the molecule is Cc1cc(F)ccc1S(=O)(=O)Nc1ccc2c(c1)CCCN2S(=O)(=O)c1ccc(F)cc1. The van der Waals surface area contributed by atoms with Gasteiger partial charge in [-0.05, 0) is 91.6 Å². The number of aryl methyl sites for hydroxylation is 2. The highest BCUT2D eigenvalue weighted by Gasteiger charge is 2.29. The Bertz CT molecular complexity index is 1390. The van der Waals surface area contributed by atoms with Crippen molar-refractivity contribution in [1.82, 2.24) is 0 Å². The lowest BCUT2D eigenvalue weighted by atomic mass is 10.0. The van der Waals surface area contributed by atoms with Gasteiger partial charge in [-0.25, -0.2) is 25.6 Å². The van der Waals surface area contributed by atoms with Crippen LogP contribution in [0.3, 0.4) is 0 Å². The number of hydrogen-bond donors (Lipinski definition) is 1. The molecule has 6 nitrogen and oxygen atoms in total. The largest absolute Gasteiger partial charge is 0.280 e. The first kappa shape index (κ1) is 22.2. The van der Waals surface area contributed by atoms with Gasteiger partial charge in [-0.15, -0.1) is 0 Å². The van der Waals surface area contributed by atoms with E-state index in [0.29, 0.717) is 24.1 Å². The summed E-state index contributed by atoms with van der Waals surface area (Å²) in [6, 6.07) is 12.6. The molecule has 0 radical (unpaired) electrons. The standard InChI is InChI=1S/C22H20F2N2O4S2/c1-15-13-18(24)6-11-22(15)31(27,28)25-19-7-10-21-16(14-19)3-2-12-26(21)32(29,30)20-8-4-17(23)5-9-20/h4-11,13-14,25H,2-3,12H2,1H3. The highest BCUT2D eigenvalue weighted by molar-refractivity contribution is 7.93. The van der Waals surface area contributed by atoms with E-state index in [0.717, 1.165) is 24.3 Å². The molecule has 1 aliphatic heterocycles. The summed E-state index contributed by atoms with van der Waals surface area (Å²) in [5.74, 6) is -1.06. The zero-order chi connectivity index (χ0) is 23.1. The van der Waals surface area contributed by atoms with E-state index in [2.05, 4.69) is 4.72 Å². The maximum absolute atomic E-state index is 13.3. The minimum atomic E-state index is -3.96. The lowest BCUT2D eigenvalue weighted by Gasteiger charge is -2.31. The van der Waals surface area contributed by atoms with Gasteiger partial charge in [0.2, 0.25) is 0 Å². The number of anilines is 2. The molecular weight excluding hydrogens is 458 g/mol. The first-order valence-electron chi connectivity index (χ1n) is 9.78. The summed E-state index contributed by atoms with van der Waals surface area (Å²) in [5.41, 5.74) is 1.65. The molecular formula is C22H20F2N2O4S2. The van der Waals surface area contributed by atoms with Crippen LogP contribution >= 0.6 is 0 Å². The molecule has 0 fully saturated rings.